The SMILES string of the molecule is CC(OC(=O)c1ccccc1)OP(=O)(OCc1ccccc1)OCc1ccccc1. The third-order valence-electron chi connectivity index (χ3n) is 4.02. The number of hydrogen-bond acceptors (Lipinski definition) is 6. The van der Waals surface area contributed by atoms with Crippen molar-refractivity contribution in [2.75, 3.05) is 0 Å². The van der Waals surface area contributed by atoms with E-state index in [2.05, 4.69) is 0 Å². The lowest BCUT2D eigenvalue weighted by atomic mass is 10.2. The predicted molar refractivity (Wildman–Crippen MR) is 112 cm³/mol. The van der Waals surface area contributed by atoms with Gasteiger partial charge in [-0.15, -0.1) is 0 Å². The molecule has 6 nitrogen and oxygen atoms in total. The Kier molecular flexibility index (Phi) is 7.94. The Bertz CT molecular complexity index is 915. The quantitative estimate of drug-likeness (QED) is 0.234. The van der Waals surface area contributed by atoms with Gasteiger partial charge in [0, 0.05) is 0 Å². The van der Waals surface area contributed by atoms with Crippen molar-refractivity contribution in [3.05, 3.63) is 108 Å². The molecule has 156 valence electrons. The lowest BCUT2D eigenvalue weighted by Crippen LogP contribution is -2.18. The summed E-state index contributed by atoms with van der Waals surface area (Å²) in [7, 11) is -4.03. The summed E-state index contributed by atoms with van der Waals surface area (Å²) >= 11 is 0. The molecule has 0 saturated carbocycles. The molecule has 1 atom stereocenters. The molecule has 0 bridgehead atoms. The van der Waals surface area contributed by atoms with E-state index in [1.165, 1.54) is 6.92 Å². The zero-order chi connectivity index (χ0) is 21.2. The summed E-state index contributed by atoms with van der Waals surface area (Å²) in [4.78, 5) is 12.2. The minimum atomic E-state index is -4.03. The fourth-order valence-corrected chi connectivity index (χ4v) is 3.77. The first-order valence-corrected chi connectivity index (χ1v) is 10.9. The highest BCUT2D eigenvalue weighted by atomic mass is 31.2. The second-order valence-corrected chi connectivity index (χ2v) is 8.03. The van der Waals surface area contributed by atoms with Gasteiger partial charge in [0.1, 0.15) is 0 Å². The maximum absolute atomic E-state index is 13.2. The van der Waals surface area contributed by atoms with E-state index in [4.69, 9.17) is 18.3 Å². The van der Waals surface area contributed by atoms with Crippen LogP contribution in [-0.4, -0.2) is 12.3 Å². The van der Waals surface area contributed by atoms with E-state index in [0.29, 0.717) is 5.56 Å². The summed E-state index contributed by atoms with van der Waals surface area (Å²) in [5.74, 6) is -0.597. The number of benzene rings is 3. The number of ether oxygens (including phenoxy) is 1. The topological polar surface area (TPSA) is 71.1 Å². The van der Waals surface area contributed by atoms with Crippen LogP contribution in [0.3, 0.4) is 0 Å². The van der Waals surface area contributed by atoms with E-state index < -0.39 is 20.1 Å². The second-order valence-electron chi connectivity index (χ2n) is 6.41. The number of hydrogen-bond donors (Lipinski definition) is 0. The molecule has 1 unspecified atom stereocenters. The molecule has 0 saturated heterocycles. The smallest absolute Gasteiger partial charge is 0.432 e. The molecule has 3 aromatic carbocycles. The highest BCUT2D eigenvalue weighted by Crippen LogP contribution is 2.52. The number of esters is 1. The average Bonchev–Trinajstić information content (AvgIpc) is 2.78. The Labute approximate surface area is 176 Å². The zero-order valence-electron chi connectivity index (χ0n) is 16.5. The van der Waals surface area contributed by atoms with Crippen molar-refractivity contribution >= 4 is 13.8 Å². The first-order chi connectivity index (χ1) is 14.5. The van der Waals surface area contributed by atoms with Crippen molar-refractivity contribution in [3.8, 4) is 0 Å². The third kappa shape index (κ3) is 6.94. The third-order valence-corrected chi connectivity index (χ3v) is 5.47. The summed E-state index contributed by atoms with van der Waals surface area (Å²) in [6.07, 6.45) is -1.14. The molecule has 3 aromatic rings. The normalized spacial score (nSPS) is 12.3. The van der Waals surface area contributed by atoms with Crippen LogP contribution in [0.1, 0.15) is 28.4 Å². The molecule has 7 heteroatoms. The van der Waals surface area contributed by atoms with E-state index in [0.717, 1.165) is 11.1 Å². The number of carbonyl (C=O) groups excluding carboxylic acids is 1. The van der Waals surface area contributed by atoms with Crippen molar-refractivity contribution in [1.82, 2.24) is 0 Å². The molecule has 0 aromatic heterocycles. The lowest BCUT2D eigenvalue weighted by molar-refractivity contribution is -0.0589. The summed E-state index contributed by atoms with van der Waals surface area (Å²) in [5, 5.41) is 0. The van der Waals surface area contributed by atoms with Gasteiger partial charge in [-0.2, -0.15) is 0 Å². The largest absolute Gasteiger partial charge is 0.478 e. The molecular formula is C23H23O6P. The Balaban J connectivity index is 1.65. The van der Waals surface area contributed by atoms with E-state index >= 15 is 0 Å². The first kappa shape index (κ1) is 21.9. The Morgan fingerprint density at radius 2 is 1.20 bits per heavy atom. The van der Waals surface area contributed by atoms with Crippen LogP contribution < -0.4 is 0 Å². The Morgan fingerprint density at radius 3 is 1.67 bits per heavy atom. The van der Waals surface area contributed by atoms with Crippen molar-refractivity contribution < 1.29 is 27.7 Å². The fraction of sp³-hybridized carbons (Fsp3) is 0.174. The average molecular weight is 426 g/mol. The van der Waals surface area contributed by atoms with Gasteiger partial charge in [-0.05, 0) is 30.2 Å². The van der Waals surface area contributed by atoms with Crippen LogP contribution in [0.4, 0.5) is 0 Å². The maximum atomic E-state index is 13.2. The molecule has 0 N–H and O–H groups in total. The van der Waals surface area contributed by atoms with Crippen molar-refractivity contribution in [3.63, 3.8) is 0 Å². The number of phosphoric acid groups is 1. The van der Waals surface area contributed by atoms with Crippen molar-refractivity contribution in [1.29, 1.82) is 0 Å². The molecule has 0 aliphatic carbocycles. The summed E-state index contributed by atoms with van der Waals surface area (Å²) in [6, 6.07) is 26.9. The molecule has 30 heavy (non-hydrogen) atoms. The van der Waals surface area contributed by atoms with Crippen LogP contribution in [0, 0.1) is 0 Å². The molecule has 0 amide bonds. The number of phosphoric ester groups is 1. The predicted octanol–water partition coefficient (Wildman–Crippen LogP) is 5.75. The van der Waals surface area contributed by atoms with Gasteiger partial charge in [0.2, 0.25) is 6.29 Å². The fourth-order valence-electron chi connectivity index (χ4n) is 2.55. The van der Waals surface area contributed by atoms with Crippen LogP contribution in [-0.2, 0) is 36.1 Å². The number of rotatable bonds is 10. The van der Waals surface area contributed by atoms with Crippen LogP contribution in [0.25, 0.3) is 0 Å². The minimum Gasteiger partial charge on any atom is -0.432 e. The molecule has 0 radical (unpaired) electrons. The Hall–Kier alpha value is -2.76. The van der Waals surface area contributed by atoms with Gasteiger partial charge >= 0.3 is 13.8 Å². The van der Waals surface area contributed by atoms with Gasteiger partial charge in [0.05, 0.1) is 18.8 Å². The first-order valence-electron chi connectivity index (χ1n) is 9.45. The van der Waals surface area contributed by atoms with Gasteiger partial charge in [-0.3, -0.25) is 9.05 Å². The van der Waals surface area contributed by atoms with Crippen molar-refractivity contribution in [2.24, 2.45) is 0 Å². The molecular weight excluding hydrogens is 403 g/mol. The Morgan fingerprint density at radius 1 is 0.767 bits per heavy atom. The van der Waals surface area contributed by atoms with E-state index in [9.17, 15) is 9.36 Å². The number of carbonyl (C=O) groups is 1. The standard InChI is InChI=1S/C23H23O6P/c1-19(28-23(24)22-15-9-4-10-16-22)29-30(25,26-17-20-11-5-2-6-12-20)27-18-21-13-7-3-8-14-21/h2-16,19H,17-18H2,1H3. The van der Waals surface area contributed by atoms with Gasteiger partial charge in [0.15, 0.2) is 0 Å². The summed E-state index contributed by atoms with van der Waals surface area (Å²) < 4.78 is 34.9. The molecule has 3 rings (SSSR count). The van der Waals surface area contributed by atoms with Gasteiger partial charge in [-0.1, -0.05) is 78.9 Å². The summed E-state index contributed by atoms with van der Waals surface area (Å²) in [5.41, 5.74) is 1.97. The highest BCUT2D eigenvalue weighted by molar-refractivity contribution is 7.48. The molecule has 0 aliphatic heterocycles. The minimum absolute atomic E-state index is 0.0201. The zero-order valence-corrected chi connectivity index (χ0v) is 17.4. The van der Waals surface area contributed by atoms with Gasteiger partial charge < -0.3 is 4.74 Å². The molecule has 0 fully saturated rings. The van der Waals surface area contributed by atoms with Crippen LogP contribution in [0.2, 0.25) is 0 Å². The van der Waals surface area contributed by atoms with E-state index in [-0.39, 0.29) is 13.2 Å². The van der Waals surface area contributed by atoms with E-state index in [1.807, 2.05) is 60.7 Å². The van der Waals surface area contributed by atoms with Crippen molar-refractivity contribution in [2.45, 2.75) is 26.4 Å². The van der Waals surface area contributed by atoms with Gasteiger partial charge in [0.25, 0.3) is 0 Å². The van der Waals surface area contributed by atoms with Gasteiger partial charge in [-0.25, -0.2) is 13.9 Å². The molecule has 0 spiro atoms. The second kappa shape index (κ2) is 10.9. The molecule has 0 aliphatic rings. The highest BCUT2D eigenvalue weighted by Gasteiger charge is 2.31. The maximum Gasteiger partial charge on any atom is 0.478 e. The lowest BCUT2D eigenvalue weighted by Gasteiger charge is -2.22. The van der Waals surface area contributed by atoms with Crippen LogP contribution >= 0.6 is 7.82 Å². The molecule has 0 heterocycles. The van der Waals surface area contributed by atoms with Crippen LogP contribution in [0.5, 0.6) is 0 Å². The summed E-state index contributed by atoms with van der Waals surface area (Å²) in [6.45, 7) is 1.50. The van der Waals surface area contributed by atoms with Crippen LogP contribution in [0.15, 0.2) is 91.0 Å². The monoisotopic (exact) mass is 426 g/mol. The van der Waals surface area contributed by atoms with E-state index in [1.54, 1.807) is 30.3 Å².